The molecule has 0 aromatic carbocycles. The summed E-state index contributed by atoms with van der Waals surface area (Å²) in [7, 11) is 0. The molecule has 0 rings (SSSR count). The van der Waals surface area contributed by atoms with Gasteiger partial charge in [0.2, 0.25) is 5.91 Å². The minimum atomic E-state index is -1.14. The van der Waals surface area contributed by atoms with Gasteiger partial charge >= 0.3 is 11.9 Å². The van der Waals surface area contributed by atoms with E-state index in [1.54, 1.807) is 0 Å². The molecule has 5 N–H and O–H groups in total. The second-order valence-electron chi connectivity index (χ2n) is 3.47. The topological polar surface area (TPSA) is 130 Å². The lowest BCUT2D eigenvalue weighted by Crippen LogP contribution is -2.40. The number of carbonyl (C=O) groups is 3. The molecule has 0 radical (unpaired) electrons. The van der Waals surface area contributed by atoms with Crippen LogP contribution in [0.4, 0.5) is 0 Å². The molecule has 0 aliphatic rings. The van der Waals surface area contributed by atoms with Gasteiger partial charge in [0.25, 0.3) is 0 Å². The minimum absolute atomic E-state index is 0.163. The van der Waals surface area contributed by atoms with Crippen LogP contribution in [-0.4, -0.2) is 40.1 Å². The van der Waals surface area contributed by atoms with Gasteiger partial charge in [-0.25, -0.2) is 4.79 Å². The summed E-state index contributed by atoms with van der Waals surface area (Å²) in [5.41, 5.74) is 5.25. The maximum absolute atomic E-state index is 10.7. The van der Waals surface area contributed by atoms with E-state index in [0.29, 0.717) is 6.42 Å². The summed E-state index contributed by atoms with van der Waals surface area (Å²) in [6, 6.07) is -1.98. The molecular weight excluding hydrogens is 216 g/mol. The molecule has 0 spiro atoms. The van der Waals surface area contributed by atoms with Gasteiger partial charge in [-0.3, -0.25) is 9.59 Å². The number of nitrogens with one attached hydrogen (secondary N) is 1. The van der Waals surface area contributed by atoms with Crippen molar-refractivity contribution in [2.24, 2.45) is 5.73 Å². The fourth-order valence-corrected chi connectivity index (χ4v) is 1.17. The number of aliphatic carboxylic acids is 2. The molecule has 0 aliphatic heterocycles. The first-order valence-electron chi connectivity index (χ1n) is 4.83. The fraction of sp³-hybridized carbons (Fsp3) is 0.667. The van der Waals surface area contributed by atoms with E-state index in [0.717, 1.165) is 0 Å². The Kier molecular flexibility index (Phi) is 6.09. The van der Waals surface area contributed by atoms with Crippen molar-refractivity contribution in [1.82, 2.24) is 5.32 Å². The highest BCUT2D eigenvalue weighted by Gasteiger charge is 2.19. The van der Waals surface area contributed by atoms with Crippen LogP contribution >= 0.6 is 0 Å². The molecule has 0 bridgehead atoms. The Morgan fingerprint density at radius 3 is 2.12 bits per heavy atom. The molecule has 0 aromatic rings. The number of carboxylic acids is 2. The lowest BCUT2D eigenvalue weighted by atomic mass is 10.1. The van der Waals surface area contributed by atoms with Gasteiger partial charge in [-0.2, -0.15) is 0 Å². The van der Waals surface area contributed by atoms with Crippen molar-refractivity contribution in [1.29, 1.82) is 0 Å². The number of carboxylic acid groups (broad SMARTS) is 2. The highest BCUT2D eigenvalue weighted by molar-refractivity contribution is 5.82. The van der Waals surface area contributed by atoms with E-state index in [1.807, 2.05) is 0 Å². The third-order valence-corrected chi connectivity index (χ3v) is 2.00. The van der Waals surface area contributed by atoms with Gasteiger partial charge in [-0.05, 0) is 19.3 Å². The summed E-state index contributed by atoms with van der Waals surface area (Å²) in [5, 5.41) is 19.5. The van der Waals surface area contributed by atoms with Crippen molar-refractivity contribution in [2.75, 3.05) is 0 Å². The van der Waals surface area contributed by atoms with Crippen LogP contribution in [0.15, 0.2) is 0 Å². The average molecular weight is 232 g/mol. The summed E-state index contributed by atoms with van der Waals surface area (Å²) in [6.45, 7) is 1.22. The SMILES string of the molecule is CC(=O)NC(CCCC(N)C(=O)O)C(=O)O. The predicted octanol–water partition coefficient (Wildman–Crippen LogP) is -0.842. The monoisotopic (exact) mass is 232 g/mol. The zero-order valence-electron chi connectivity index (χ0n) is 8.97. The van der Waals surface area contributed by atoms with Crippen LogP contribution in [0, 0.1) is 0 Å². The number of hydrogen-bond donors (Lipinski definition) is 4. The Labute approximate surface area is 92.6 Å². The Hall–Kier alpha value is -1.63. The van der Waals surface area contributed by atoms with E-state index in [1.165, 1.54) is 6.92 Å². The molecule has 0 saturated carbocycles. The van der Waals surface area contributed by atoms with Gasteiger partial charge in [-0.15, -0.1) is 0 Å². The second-order valence-corrected chi connectivity index (χ2v) is 3.47. The van der Waals surface area contributed by atoms with Crippen molar-refractivity contribution in [3.05, 3.63) is 0 Å². The van der Waals surface area contributed by atoms with Crippen LogP contribution in [0.5, 0.6) is 0 Å². The van der Waals surface area contributed by atoms with Crippen LogP contribution in [0.3, 0.4) is 0 Å². The Morgan fingerprint density at radius 2 is 1.75 bits per heavy atom. The molecule has 0 fully saturated rings. The molecule has 2 atom stereocenters. The number of nitrogens with two attached hydrogens (primary N) is 1. The Morgan fingerprint density at radius 1 is 1.19 bits per heavy atom. The third-order valence-electron chi connectivity index (χ3n) is 2.00. The standard InChI is InChI=1S/C9H16N2O5/c1-5(12)11-7(9(15)16)4-2-3-6(10)8(13)14/h6-7H,2-4,10H2,1H3,(H,11,12)(H,13,14)(H,15,16). The van der Waals surface area contributed by atoms with Gasteiger partial charge in [0.1, 0.15) is 12.1 Å². The first-order chi connectivity index (χ1) is 7.34. The molecule has 2 unspecified atom stereocenters. The normalized spacial score (nSPS) is 13.9. The molecular formula is C9H16N2O5. The van der Waals surface area contributed by atoms with Gasteiger partial charge in [0, 0.05) is 6.92 Å². The van der Waals surface area contributed by atoms with E-state index in [9.17, 15) is 14.4 Å². The third kappa shape index (κ3) is 5.97. The molecule has 0 saturated heterocycles. The Bertz CT molecular complexity index is 279. The van der Waals surface area contributed by atoms with Crippen LogP contribution in [0.2, 0.25) is 0 Å². The summed E-state index contributed by atoms with van der Waals surface area (Å²) >= 11 is 0. The van der Waals surface area contributed by atoms with E-state index < -0.39 is 29.9 Å². The van der Waals surface area contributed by atoms with Crippen LogP contribution in [0.1, 0.15) is 26.2 Å². The van der Waals surface area contributed by atoms with Crippen molar-refractivity contribution in [3.8, 4) is 0 Å². The average Bonchev–Trinajstić information content (AvgIpc) is 2.14. The molecule has 92 valence electrons. The highest BCUT2D eigenvalue weighted by Crippen LogP contribution is 2.04. The maximum Gasteiger partial charge on any atom is 0.326 e. The zero-order chi connectivity index (χ0) is 12.7. The Balaban J connectivity index is 3.99. The molecule has 0 aromatic heterocycles. The van der Waals surface area contributed by atoms with Crippen LogP contribution in [0.25, 0.3) is 0 Å². The highest BCUT2D eigenvalue weighted by atomic mass is 16.4. The molecule has 0 aliphatic carbocycles. The largest absolute Gasteiger partial charge is 0.480 e. The predicted molar refractivity (Wildman–Crippen MR) is 54.7 cm³/mol. The quantitative estimate of drug-likeness (QED) is 0.452. The summed E-state index contributed by atoms with van der Waals surface area (Å²) in [6.07, 6.45) is 0.666. The molecule has 7 heteroatoms. The van der Waals surface area contributed by atoms with Crippen molar-refractivity contribution >= 4 is 17.8 Å². The van der Waals surface area contributed by atoms with E-state index >= 15 is 0 Å². The van der Waals surface area contributed by atoms with Crippen molar-refractivity contribution < 1.29 is 24.6 Å². The zero-order valence-corrected chi connectivity index (χ0v) is 8.97. The molecule has 7 nitrogen and oxygen atoms in total. The van der Waals surface area contributed by atoms with Gasteiger partial charge < -0.3 is 21.3 Å². The molecule has 1 amide bonds. The van der Waals surface area contributed by atoms with Crippen molar-refractivity contribution in [2.45, 2.75) is 38.3 Å². The van der Waals surface area contributed by atoms with Gasteiger partial charge in [0.15, 0.2) is 0 Å². The van der Waals surface area contributed by atoms with Gasteiger partial charge in [0.05, 0.1) is 0 Å². The number of amides is 1. The second kappa shape index (κ2) is 6.78. The lowest BCUT2D eigenvalue weighted by molar-refractivity contribution is -0.141. The summed E-state index contributed by atoms with van der Waals surface area (Å²) in [4.78, 5) is 31.7. The lowest BCUT2D eigenvalue weighted by Gasteiger charge is -2.13. The van der Waals surface area contributed by atoms with Crippen molar-refractivity contribution in [3.63, 3.8) is 0 Å². The van der Waals surface area contributed by atoms with E-state index in [4.69, 9.17) is 15.9 Å². The first-order valence-corrected chi connectivity index (χ1v) is 4.83. The summed E-state index contributed by atoms with van der Waals surface area (Å²) in [5.74, 6) is -2.69. The smallest absolute Gasteiger partial charge is 0.326 e. The van der Waals surface area contributed by atoms with Crippen LogP contribution < -0.4 is 11.1 Å². The van der Waals surface area contributed by atoms with E-state index in [2.05, 4.69) is 5.32 Å². The summed E-state index contributed by atoms with van der Waals surface area (Å²) < 4.78 is 0. The number of carbonyl (C=O) groups excluding carboxylic acids is 1. The van der Waals surface area contributed by atoms with E-state index in [-0.39, 0.29) is 12.8 Å². The first kappa shape index (κ1) is 14.4. The number of rotatable bonds is 7. The fourth-order valence-electron chi connectivity index (χ4n) is 1.17. The number of hydrogen-bond acceptors (Lipinski definition) is 4. The molecule has 16 heavy (non-hydrogen) atoms. The maximum atomic E-state index is 10.7. The molecule has 0 heterocycles. The van der Waals surface area contributed by atoms with Crippen LogP contribution in [-0.2, 0) is 14.4 Å². The minimum Gasteiger partial charge on any atom is -0.480 e. The van der Waals surface area contributed by atoms with Gasteiger partial charge in [-0.1, -0.05) is 0 Å².